The van der Waals surface area contributed by atoms with Crippen LogP contribution in [0.1, 0.15) is 89.5 Å². The van der Waals surface area contributed by atoms with E-state index in [2.05, 4.69) is 53.8 Å². The van der Waals surface area contributed by atoms with E-state index in [1.54, 1.807) is 0 Å². The predicted octanol–water partition coefficient (Wildman–Crippen LogP) is 3.81. The van der Waals surface area contributed by atoms with Crippen LogP contribution in [0.2, 0.25) is 0 Å². The van der Waals surface area contributed by atoms with Crippen LogP contribution < -0.4 is 26.7 Å². The van der Waals surface area contributed by atoms with Crippen molar-refractivity contribution in [2.75, 3.05) is 13.3 Å². The Hall–Kier alpha value is 0.665. The Kier molecular flexibility index (Phi) is 11.7. The topological polar surface area (TPSA) is 18.5 Å². The molecule has 0 aromatic heterocycles. The van der Waals surface area contributed by atoms with E-state index in [0.29, 0.717) is 45.2 Å². The number of hydrogen-bond acceptors (Lipinski definition) is 2. The van der Waals surface area contributed by atoms with Crippen molar-refractivity contribution in [3.63, 3.8) is 0 Å². The zero-order chi connectivity index (χ0) is 22.9. The van der Waals surface area contributed by atoms with Crippen LogP contribution >= 0.6 is 22.6 Å². The number of rotatable bonds is 11. The van der Waals surface area contributed by atoms with Crippen molar-refractivity contribution in [2.45, 2.75) is 103 Å². The number of halogens is 2. The maximum absolute atomic E-state index is 6.75. The molecule has 3 aliphatic rings. The van der Waals surface area contributed by atoms with Crippen molar-refractivity contribution in [3.8, 4) is 0 Å². The van der Waals surface area contributed by atoms with E-state index in [1.807, 2.05) is 0 Å². The molecule has 1 heterocycles. The monoisotopic (exact) mass is 677 g/mol. The summed E-state index contributed by atoms with van der Waals surface area (Å²) in [6, 6.07) is 9.31. The molecule has 5 heteroatoms. The normalized spacial score (nSPS) is 26.2. The van der Waals surface area contributed by atoms with Crippen LogP contribution in [-0.4, -0.2) is 32.6 Å². The molecule has 2 aliphatic carbocycles. The molecule has 0 N–H and O–H groups in total. The Morgan fingerprint density at radius 1 is 0.879 bits per heavy atom. The van der Waals surface area contributed by atoms with Crippen LogP contribution in [0.4, 0.5) is 0 Å². The van der Waals surface area contributed by atoms with Gasteiger partial charge in [0.25, 0.3) is 0 Å². The first-order valence-electron chi connectivity index (χ1n) is 13.8. The van der Waals surface area contributed by atoms with E-state index in [0.717, 1.165) is 5.92 Å². The van der Waals surface area contributed by atoms with Crippen molar-refractivity contribution in [1.29, 1.82) is 0 Å². The molecule has 4 rings (SSSR count). The molecule has 2 nitrogen and oxygen atoms in total. The summed E-state index contributed by atoms with van der Waals surface area (Å²) in [5.41, 5.74) is 2.72. The molecule has 33 heavy (non-hydrogen) atoms. The molecular formula is C28H44BI2O2-. The van der Waals surface area contributed by atoms with Gasteiger partial charge in [0.2, 0.25) is 0 Å². The van der Waals surface area contributed by atoms with Crippen molar-refractivity contribution in [3.05, 3.63) is 29.8 Å². The van der Waals surface area contributed by atoms with E-state index < -0.39 is 0 Å². The Bertz CT molecular complexity index is 647. The van der Waals surface area contributed by atoms with Gasteiger partial charge in [-0.25, -0.2) is 0 Å². The van der Waals surface area contributed by atoms with Crippen molar-refractivity contribution in [1.82, 2.24) is 0 Å². The summed E-state index contributed by atoms with van der Waals surface area (Å²) in [6.45, 7) is 2.32. The van der Waals surface area contributed by atoms with Gasteiger partial charge >= 0.3 is 165 Å². The van der Waals surface area contributed by atoms with Crippen LogP contribution in [0.25, 0.3) is 0 Å². The average Bonchev–Trinajstić information content (AvgIpc) is 3.33. The fourth-order valence-electron chi connectivity index (χ4n) is 6.15. The zero-order valence-corrected chi connectivity index (χ0v) is 25.0. The van der Waals surface area contributed by atoms with Gasteiger partial charge in [0, 0.05) is 0 Å². The quantitative estimate of drug-likeness (QED) is 0.154. The van der Waals surface area contributed by atoms with Crippen LogP contribution in [0, 0.1) is 17.8 Å². The van der Waals surface area contributed by atoms with Gasteiger partial charge in [-0.15, -0.1) is 0 Å². The Morgan fingerprint density at radius 3 is 1.97 bits per heavy atom. The second kappa shape index (κ2) is 14.4. The predicted molar refractivity (Wildman–Crippen MR) is 145 cm³/mol. The SMILES string of the molecule is CCC[I-]CCC(CI)Cc1ccc(B2OC(C3CCCCC3)C(C3CCCCC3)O2)cc1. The molecule has 3 unspecified atom stereocenters. The van der Waals surface area contributed by atoms with Crippen molar-refractivity contribution in [2.24, 2.45) is 17.8 Å². The molecule has 1 saturated heterocycles. The summed E-state index contributed by atoms with van der Waals surface area (Å²) < 4.78 is 17.8. The molecule has 2 saturated carbocycles. The summed E-state index contributed by atoms with van der Waals surface area (Å²) in [6.07, 6.45) is 18.3. The molecule has 0 spiro atoms. The van der Waals surface area contributed by atoms with Gasteiger partial charge in [0.1, 0.15) is 0 Å². The van der Waals surface area contributed by atoms with Gasteiger partial charge in [-0.05, 0) is 25.7 Å². The molecule has 1 aromatic rings. The standard InChI is InChI=1S/C28H44BI2O2/c1-2-18-31-19-17-23(21-30)20-22-13-15-26(16-14-22)29-32-27(24-9-5-3-6-10-24)28(33-29)25-11-7-4-8-12-25/h13-16,23-25,27-28H,2-12,17-21H2,1H3/q-1. The van der Waals surface area contributed by atoms with Crippen LogP contribution in [0.5, 0.6) is 0 Å². The Labute approximate surface area is 227 Å². The maximum atomic E-state index is 6.75. The number of hydrogen-bond donors (Lipinski definition) is 0. The third-order valence-corrected chi connectivity index (χ3v) is 12.6. The number of alkyl halides is 3. The second-order valence-corrected chi connectivity index (χ2v) is 14.8. The first kappa shape index (κ1) is 26.7. The van der Waals surface area contributed by atoms with Gasteiger partial charge in [-0.1, -0.05) is 38.5 Å². The summed E-state index contributed by atoms with van der Waals surface area (Å²) in [5, 5.41) is 0. The van der Waals surface area contributed by atoms with Crippen LogP contribution in [0.15, 0.2) is 24.3 Å². The fraction of sp³-hybridized carbons (Fsp3) is 0.786. The van der Waals surface area contributed by atoms with Gasteiger partial charge in [0.05, 0.1) is 0 Å². The van der Waals surface area contributed by atoms with E-state index >= 15 is 0 Å². The summed E-state index contributed by atoms with van der Waals surface area (Å²) in [7, 11) is -0.155. The molecule has 3 atom stereocenters. The van der Waals surface area contributed by atoms with Crippen LogP contribution in [0.3, 0.4) is 0 Å². The minimum absolute atomic E-state index is 0.155. The molecular weight excluding hydrogens is 633 g/mol. The molecule has 0 radical (unpaired) electrons. The molecule has 0 amide bonds. The van der Waals surface area contributed by atoms with Gasteiger partial charge in [0.15, 0.2) is 0 Å². The molecule has 186 valence electrons. The number of benzene rings is 1. The summed E-state index contributed by atoms with van der Waals surface area (Å²) >= 11 is 3.03. The van der Waals surface area contributed by atoms with Crippen LogP contribution in [-0.2, 0) is 15.7 Å². The molecule has 1 aromatic carbocycles. The van der Waals surface area contributed by atoms with Crippen molar-refractivity contribution < 1.29 is 30.5 Å². The van der Waals surface area contributed by atoms with Gasteiger partial charge in [-0.2, -0.15) is 0 Å². The Balaban J connectivity index is 1.37. The molecule has 3 fully saturated rings. The summed E-state index contributed by atoms with van der Waals surface area (Å²) in [5.74, 6) is 2.24. The van der Waals surface area contributed by atoms with Crippen molar-refractivity contribution >= 4 is 35.2 Å². The van der Waals surface area contributed by atoms with E-state index in [-0.39, 0.29) is 7.12 Å². The molecule has 1 aliphatic heterocycles. The zero-order valence-electron chi connectivity index (χ0n) is 20.7. The van der Waals surface area contributed by atoms with E-state index in [9.17, 15) is 0 Å². The first-order valence-corrected chi connectivity index (χ1v) is 18.3. The first-order chi connectivity index (χ1) is 16.3. The summed E-state index contributed by atoms with van der Waals surface area (Å²) in [4.78, 5) is 0. The minimum atomic E-state index is -0.155. The molecule has 0 bridgehead atoms. The Morgan fingerprint density at radius 2 is 1.45 bits per heavy atom. The third-order valence-electron chi connectivity index (χ3n) is 8.08. The average molecular weight is 677 g/mol. The van der Waals surface area contributed by atoms with E-state index in [4.69, 9.17) is 9.31 Å². The fourth-order valence-corrected chi connectivity index (χ4v) is 9.53. The van der Waals surface area contributed by atoms with Gasteiger partial charge in [-0.3, -0.25) is 0 Å². The van der Waals surface area contributed by atoms with Gasteiger partial charge < -0.3 is 0 Å². The third kappa shape index (κ3) is 7.82. The van der Waals surface area contributed by atoms with E-state index in [1.165, 1.54) is 108 Å². The second-order valence-electron chi connectivity index (χ2n) is 10.7.